The maximum Gasteiger partial charge on any atom is 0.224 e. The molecule has 39 heavy (non-hydrogen) atoms. The molecule has 0 bridgehead atoms. The van der Waals surface area contributed by atoms with Gasteiger partial charge in [-0.05, 0) is 90.6 Å². The highest BCUT2D eigenvalue weighted by atomic mass is 16.5. The lowest BCUT2D eigenvalue weighted by molar-refractivity contribution is -0.131. The van der Waals surface area contributed by atoms with Crippen LogP contribution in [-0.2, 0) is 14.3 Å². The molecular formula is C32H64N4O3. The third-order valence-electron chi connectivity index (χ3n) is 7.83. The number of ether oxygens (including phenoxy) is 2. The average Bonchev–Trinajstić information content (AvgIpc) is 3.26. The summed E-state index contributed by atoms with van der Waals surface area (Å²) >= 11 is 0. The van der Waals surface area contributed by atoms with Gasteiger partial charge in [-0.2, -0.15) is 0 Å². The van der Waals surface area contributed by atoms with E-state index in [0.717, 1.165) is 65.2 Å². The van der Waals surface area contributed by atoms with Crippen molar-refractivity contribution in [1.29, 1.82) is 0 Å². The van der Waals surface area contributed by atoms with E-state index in [4.69, 9.17) is 9.47 Å². The zero-order valence-electron chi connectivity index (χ0n) is 27.4. The lowest BCUT2D eigenvalue weighted by atomic mass is 9.83. The highest BCUT2D eigenvalue weighted by molar-refractivity contribution is 5.76. The van der Waals surface area contributed by atoms with Crippen LogP contribution in [0.1, 0.15) is 108 Å². The molecule has 0 unspecified atom stereocenters. The second-order valence-corrected chi connectivity index (χ2v) is 15.9. The SMILES string of the molecule is CC(C)(C)COCCC(=O)N1CC[C@@H](NC(C)(C)CCC(C)(C)COCCN2CCC(NC(C)(C)C)CC2)C1. The molecule has 0 aromatic rings. The molecule has 2 fully saturated rings. The van der Waals surface area contributed by atoms with E-state index in [-0.39, 0.29) is 27.8 Å². The summed E-state index contributed by atoms with van der Waals surface area (Å²) in [6, 6.07) is 1.00. The van der Waals surface area contributed by atoms with Crippen LogP contribution in [0, 0.1) is 10.8 Å². The Morgan fingerprint density at radius 3 is 2.00 bits per heavy atom. The molecule has 2 aliphatic heterocycles. The first-order chi connectivity index (χ1) is 17.9. The van der Waals surface area contributed by atoms with Crippen molar-refractivity contribution in [3.05, 3.63) is 0 Å². The van der Waals surface area contributed by atoms with Crippen LogP contribution in [0.2, 0.25) is 0 Å². The van der Waals surface area contributed by atoms with Crippen LogP contribution < -0.4 is 10.6 Å². The van der Waals surface area contributed by atoms with Gasteiger partial charge in [-0.1, -0.05) is 34.6 Å². The summed E-state index contributed by atoms with van der Waals surface area (Å²) in [5.74, 6) is 0.218. The predicted molar refractivity (Wildman–Crippen MR) is 163 cm³/mol. The van der Waals surface area contributed by atoms with Gasteiger partial charge >= 0.3 is 0 Å². The van der Waals surface area contributed by atoms with Crippen LogP contribution in [0.5, 0.6) is 0 Å². The molecule has 2 saturated heterocycles. The fraction of sp³-hybridized carbons (Fsp3) is 0.969. The second kappa shape index (κ2) is 14.9. The number of piperidine rings is 1. The van der Waals surface area contributed by atoms with Gasteiger partial charge in [0, 0.05) is 42.8 Å². The van der Waals surface area contributed by atoms with Gasteiger partial charge < -0.3 is 29.9 Å². The van der Waals surface area contributed by atoms with E-state index in [1.54, 1.807) is 0 Å². The molecule has 7 heteroatoms. The number of carbonyl (C=O) groups is 1. The normalized spacial score (nSPS) is 20.7. The first-order valence-corrected chi connectivity index (χ1v) is 15.6. The summed E-state index contributed by atoms with van der Waals surface area (Å²) in [7, 11) is 0. The number of nitrogens with one attached hydrogen (secondary N) is 2. The summed E-state index contributed by atoms with van der Waals surface area (Å²) in [6.45, 7) is 30.3. The van der Waals surface area contributed by atoms with E-state index in [9.17, 15) is 4.79 Å². The highest BCUT2D eigenvalue weighted by Crippen LogP contribution is 2.28. The minimum atomic E-state index is 0.0300. The van der Waals surface area contributed by atoms with Crippen molar-refractivity contribution in [2.75, 3.05) is 59.2 Å². The molecule has 7 nitrogen and oxygen atoms in total. The average molecular weight is 553 g/mol. The van der Waals surface area contributed by atoms with Gasteiger partial charge in [0.05, 0.1) is 32.8 Å². The first-order valence-electron chi connectivity index (χ1n) is 15.6. The van der Waals surface area contributed by atoms with Crippen LogP contribution in [0.25, 0.3) is 0 Å². The Kier molecular flexibility index (Phi) is 13.2. The quantitative estimate of drug-likeness (QED) is 0.276. The van der Waals surface area contributed by atoms with Gasteiger partial charge in [0.2, 0.25) is 5.91 Å². The maximum absolute atomic E-state index is 12.6. The Labute approximate surface area is 241 Å². The molecule has 0 saturated carbocycles. The van der Waals surface area contributed by atoms with Gasteiger partial charge in [0.15, 0.2) is 0 Å². The summed E-state index contributed by atoms with van der Waals surface area (Å²) in [5.41, 5.74) is 0.512. The van der Waals surface area contributed by atoms with Crippen LogP contribution in [0.4, 0.5) is 0 Å². The molecule has 2 aliphatic rings. The van der Waals surface area contributed by atoms with E-state index in [1.807, 2.05) is 4.90 Å². The topological polar surface area (TPSA) is 66.1 Å². The van der Waals surface area contributed by atoms with E-state index < -0.39 is 0 Å². The fourth-order valence-electron chi connectivity index (χ4n) is 5.60. The largest absolute Gasteiger partial charge is 0.380 e. The molecule has 0 aliphatic carbocycles. The molecule has 1 atom stereocenters. The number of rotatable bonds is 15. The maximum atomic E-state index is 12.6. The molecule has 0 radical (unpaired) electrons. The van der Waals surface area contributed by atoms with Gasteiger partial charge in [-0.15, -0.1) is 0 Å². The Balaban J connectivity index is 1.60. The molecular weight excluding hydrogens is 488 g/mol. The standard InChI is InChI=1S/C32H64N4O3/c1-29(2,3)24-38-21-14-28(37)36-19-13-27(23-36)34-32(9,10)16-15-31(7,8)25-39-22-20-35-17-11-26(12-18-35)33-30(4,5)6/h26-27,33-34H,11-25H2,1-10H3/t27-/m1/s1. The minimum Gasteiger partial charge on any atom is -0.380 e. The van der Waals surface area contributed by atoms with E-state index in [0.29, 0.717) is 31.7 Å². The number of likely N-dealkylation sites (tertiary alicyclic amines) is 2. The fourth-order valence-corrected chi connectivity index (χ4v) is 5.60. The zero-order chi connectivity index (χ0) is 29.3. The molecule has 0 aromatic carbocycles. The van der Waals surface area contributed by atoms with Crippen molar-refractivity contribution in [1.82, 2.24) is 20.4 Å². The second-order valence-electron chi connectivity index (χ2n) is 15.9. The third kappa shape index (κ3) is 15.2. The summed E-state index contributed by atoms with van der Waals surface area (Å²) in [6.07, 6.45) is 6.15. The van der Waals surface area contributed by atoms with Crippen molar-refractivity contribution in [3.63, 3.8) is 0 Å². The number of hydrogen-bond acceptors (Lipinski definition) is 6. The van der Waals surface area contributed by atoms with Gasteiger partial charge in [0.1, 0.15) is 0 Å². The Bertz CT molecular complexity index is 718. The lowest BCUT2D eigenvalue weighted by Gasteiger charge is -2.36. The van der Waals surface area contributed by atoms with Gasteiger partial charge in [0.25, 0.3) is 0 Å². The monoisotopic (exact) mass is 552 g/mol. The summed E-state index contributed by atoms with van der Waals surface area (Å²) in [5, 5.41) is 7.60. The molecule has 2 heterocycles. The van der Waals surface area contributed by atoms with Crippen molar-refractivity contribution >= 4 is 5.91 Å². The Morgan fingerprint density at radius 2 is 1.38 bits per heavy atom. The van der Waals surface area contributed by atoms with Crippen molar-refractivity contribution in [2.45, 2.75) is 131 Å². The Morgan fingerprint density at radius 1 is 0.769 bits per heavy atom. The van der Waals surface area contributed by atoms with Crippen molar-refractivity contribution in [3.8, 4) is 0 Å². The van der Waals surface area contributed by atoms with Gasteiger partial charge in [-0.25, -0.2) is 0 Å². The third-order valence-corrected chi connectivity index (χ3v) is 7.83. The number of amides is 1. The van der Waals surface area contributed by atoms with Crippen molar-refractivity contribution < 1.29 is 14.3 Å². The Hall–Kier alpha value is -0.730. The highest BCUT2D eigenvalue weighted by Gasteiger charge is 2.32. The van der Waals surface area contributed by atoms with E-state index in [2.05, 4.69) is 84.8 Å². The van der Waals surface area contributed by atoms with Crippen LogP contribution in [-0.4, -0.2) is 98.0 Å². The molecule has 230 valence electrons. The molecule has 0 spiro atoms. The minimum absolute atomic E-state index is 0.0300. The van der Waals surface area contributed by atoms with Crippen LogP contribution >= 0.6 is 0 Å². The number of nitrogens with zero attached hydrogens (tertiary/aromatic N) is 2. The van der Waals surface area contributed by atoms with Crippen LogP contribution in [0.15, 0.2) is 0 Å². The molecule has 2 rings (SSSR count). The zero-order valence-corrected chi connectivity index (χ0v) is 27.4. The lowest BCUT2D eigenvalue weighted by Crippen LogP contribution is -2.49. The number of hydrogen-bond donors (Lipinski definition) is 2. The van der Waals surface area contributed by atoms with Crippen LogP contribution in [0.3, 0.4) is 0 Å². The number of carbonyl (C=O) groups excluding carboxylic acids is 1. The molecule has 0 aromatic heterocycles. The first kappa shape index (κ1) is 34.5. The van der Waals surface area contributed by atoms with Crippen molar-refractivity contribution in [2.24, 2.45) is 10.8 Å². The predicted octanol–water partition coefficient (Wildman–Crippen LogP) is 5.08. The van der Waals surface area contributed by atoms with E-state index in [1.165, 1.54) is 12.8 Å². The molecule has 1 amide bonds. The van der Waals surface area contributed by atoms with Gasteiger partial charge in [-0.3, -0.25) is 4.79 Å². The molecule has 2 N–H and O–H groups in total. The smallest absolute Gasteiger partial charge is 0.224 e. The summed E-state index contributed by atoms with van der Waals surface area (Å²) in [4.78, 5) is 17.2. The van der Waals surface area contributed by atoms with E-state index >= 15 is 0 Å². The summed E-state index contributed by atoms with van der Waals surface area (Å²) < 4.78 is 11.9.